The van der Waals surface area contributed by atoms with Gasteiger partial charge in [0.1, 0.15) is 0 Å². The van der Waals surface area contributed by atoms with Gasteiger partial charge >= 0.3 is 6.03 Å². The molecule has 0 spiro atoms. The first-order chi connectivity index (χ1) is 16.5. The minimum Gasteiger partial charge on any atom is -0.370 e. The molecule has 2 rings (SSSR count). The highest BCUT2D eigenvalue weighted by molar-refractivity contribution is 6.18. The van der Waals surface area contributed by atoms with E-state index in [9.17, 15) is 9.59 Å². The van der Waals surface area contributed by atoms with Crippen molar-refractivity contribution >= 4 is 46.3 Å². The normalized spacial score (nSPS) is 10.7. The first kappa shape index (κ1) is 27.5. The molecule has 0 saturated carbocycles. The second-order valence-corrected chi connectivity index (χ2v) is 8.44. The molecule has 3 amide bonds. The first-order valence-corrected chi connectivity index (χ1v) is 12.6. The van der Waals surface area contributed by atoms with Crippen LogP contribution in [0.4, 0.5) is 27.5 Å². The van der Waals surface area contributed by atoms with E-state index in [0.717, 1.165) is 51.3 Å². The number of nitrogens with zero attached hydrogens (tertiary/aromatic N) is 2. The summed E-state index contributed by atoms with van der Waals surface area (Å²) in [6, 6.07) is 14.5. The number of anilines is 4. The number of benzene rings is 2. The molecule has 0 radical (unpaired) electrons. The topological polar surface area (TPSA) is 76.7 Å². The van der Waals surface area contributed by atoms with Crippen molar-refractivity contribution in [2.24, 2.45) is 0 Å². The number of halogens is 1. The highest BCUT2D eigenvalue weighted by Gasteiger charge is 2.08. The Morgan fingerprint density at radius 1 is 0.765 bits per heavy atom. The molecule has 0 heterocycles. The van der Waals surface area contributed by atoms with Crippen LogP contribution in [0.3, 0.4) is 0 Å². The van der Waals surface area contributed by atoms with Gasteiger partial charge in [-0.05, 0) is 81.0 Å². The van der Waals surface area contributed by atoms with Crippen molar-refractivity contribution in [3.05, 3.63) is 48.5 Å². The fourth-order valence-corrected chi connectivity index (χ4v) is 3.86. The Hall–Kier alpha value is -2.77. The monoisotopic (exact) mass is 487 g/mol. The highest BCUT2D eigenvalue weighted by atomic mass is 35.5. The SMILES string of the molecule is CCCN(CCCl)c1ccc(NC(=O)Nc2ccc(NC(=O)CCCN(CC)CC)cc2)cc1. The molecule has 34 heavy (non-hydrogen) atoms. The predicted molar refractivity (Wildman–Crippen MR) is 144 cm³/mol. The quantitative estimate of drug-likeness (QED) is 0.292. The largest absolute Gasteiger partial charge is 0.370 e. The van der Waals surface area contributed by atoms with Crippen LogP contribution in [0.25, 0.3) is 0 Å². The maximum atomic E-state index is 12.4. The van der Waals surface area contributed by atoms with Gasteiger partial charge in [0.2, 0.25) is 5.91 Å². The summed E-state index contributed by atoms with van der Waals surface area (Å²) in [4.78, 5) is 29.0. The smallest absolute Gasteiger partial charge is 0.323 e. The molecule has 0 unspecified atom stereocenters. The molecule has 186 valence electrons. The molecule has 2 aromatic carbocycles. The van der Waals surface area contributed by atoms with E-state index >= 15 is 0 Å². The van der Waals surface area contributed by atoms with Gasteiger partial charge in [0.25, 0.3) is 0 Å². The highest BCUT2D eigenvalue weighted by Crippen LogP contribution is 2.19. The Labute approximate surface area is 208 Å². The standard InChI is InChI=1S/C26H38ClN5O2/c1-4-18-32(20-17-27)24-15-13-23(14-16-24)30-26(34)29-22-11-9-21(10-12-22)28-25(33)8-7-19-31(5-2)6-3/h9-16H,4-8,17-20H2,1-3H3,(H,28,33)(H2,29,30,34). The van der Waals surface area contributed by atoms with Crippen LogP contribution >= 0.6 is 11.6 Å². The van der Waals surface area contributed by atoms with Crippen LogP contribution in [0.1, 0.15) is 40.0 Å². The molecule has 0 bridgehead atoms. The Morgan fingerprint density at radius 2 is 1.29 bits per heavy atom. The minimum atomic E-state index is -0.327. The summed E-state index contributed by atoms with van der Waals surface area (Å²) < 4.78 is 0. The van der Waals surface area contributed by atoms with Crippen LogP contribution < -0.4 is 20.9 Å². The molecule has 0 aliphatic carbocycles. The van der Waals surface area contributed by atoms with E-state index in [1.54, 1.807) is 24.3 Å². The summed E-state index contributed by atoms with van der Waals surface area (Å²) in [6.45, 7) is 11.0. The summed E-state index contributed by atoms with van der Waals surface area (Å²) in [5.41, 5.74) is 3.14. The van der Waals surface area contributed by atoms with E-state index in [-0.39, 0.29) is 11.9 Å². The fourth-order valence-electron chi connectivity index (χ4n) is 3.65. The van der Waals surface area contributed by atoms with E-state index in [1.807, 2.05) is 24.3 Å². The third kappa shape index (κ3) is 9.61. The molecule has 0 fully saturated rings. The summed E-state index contributed by atoms with van der Waals surface area (Å²) in [6.07, 6.45) is 2.36. The predicted octanol–water partition coefficient (Wildman–Crippen LogP) is 5.85. The maximum Gasteiger partial charge on any atom is 0.323 e. The maximum absolute atomic E-state index is 12.4. The lowest BCUT2D eigenvalue weighted by Gasteiger charge is -2.23. The lowest BCUT2D eigenvalue weighted by Crippen LogP contribution is -2.26. The minimum absolute atomic E-state index is 0.00222. The van der Waals surface area contributed by atoms with Crippen molar-refractivity contribution in [3.63, 3.8) is 0 Å². The van der Waals surface area contributed by atoms with Crippen molar-refractivity contribution in [2.75, 3.05) is 59.5 Å². The van der Waals surface area contributed by atoms with Gasteiger partial charge in [-0.2, -0.15) is 0 Å². The van der Waals surface area contributed by atoms with Gasteiger partial charge in [-0.15, -0.1) is 11.6 Å². The van der Waals surface area contributed by atoms with Gasteiger partial charge in [0.15, 0.2) is 0 Å². The summed E-state index contributed by atoms with van der Waals surface area (Å²) in [7, 11) is 0. The van der Waals surface area contributed by atoms with Crippen molar-refractivity contribution in [1.82, 2.24) is 4.90 Å². The van der Waals surface area contributed by atoms with Gasteiger partial charge in [-0.25, -0.2) is 4.79 Å². The van der Waals surface area contributed by atoms with Crippen molar-refractivity contribution in [1.29, 1.82) is 0 Å². The molecular formula is C26H38ClN5O2. The van der Waals surface area contributed by atoms with Crippen LogP contribution in [0, 0.1) is 0 Å². The number of hydrogen-bond donors (Lipinski definition) is 3. The number of amides is 3. The number of carbonyl (C=O) groups is 2. The van der Waals surface area contributed by atoms with E-state index in [0.29, 0.717) is 29.4 Å². The summed E-state index contributed by atoms with van der Waals surface area (Å²) in [5, 5.41) is 8.56. The third-order valence-corrected chi connectivity index (χ3v) is 5.71. The number of hydrogen-bond acceptors (Lipinski definition) is 4. The molecule has 7 nitrogen and oxygen atoms in total. The Bertz CT molecular complexity index is 864. The number of rotatable bonds is 14. The molecule has 0 aromatic heterocycles. The molecular weight excluding hydrogens is 450 g/mol. The number of carbonyl (C=O) groups excluding carboxylic acids is 2. The average Bonchev–Trinajstić information content (AvgIpc) is 2.83. The van der Waals surface area contributed by atoms with E-state index in [4.69, 9.17) is 11.6 Å². The molecule has 3 N–H and O–H groups in total. The second-order valence-electron chi connectivity index (χ2n) is 8.06. The third-order valence-electron chi connectivity index (χ3n) is 5.54. The van der Waals surface area contributed by atoms with E-state index in [2.05, 4.69) is 46.5 Å². The van der Waals surface area contributed by atoms with Gasteiger partial charge < -0.3 is 25.8 Å². The zero-order valence-corrected chi connectivity index (χ0v) is 21.3. The van der Waals surface area contributed by atoms with Gasteiger partial charge in [-0.1, -0.05) is 20.8 Å². The molecule has 8 heteroatoms. The fraction of sp³-hybridized carbons (Fsp3) is 0.462. The summed E-state index contributed by atoms with van der Waals surface area (Å²) in [5.74, 6) is 0.569. The molecule has 0 aliphatic rings. The van der Waals surface area contributed by atoms with Crippen LogP contribution in [0.5, 0.6) is 0 Å². The lowest BCUT2D eigenvalue weighted by molar-refractivity contribution is -0.116. The molecule has 0 atom stereocenters. The van der Waals surface area contributed by atoms with E-state index in [1.165, 1.54) is 0 Å². The number of urea groups is 1. The van der Waals surface area contributed by atoms with Crippen molar-refractivity contribution in [2.45, 2.75) is 40.0 Å². The van der Waals surface area contributed by atoms with Gasteiger partial charge in [0.05, 0.1) is 0 Å². The Morgan fingerprint density at radius 3 is 1.79 bits per heavy atom. The van der Waals surface area contributed by atoms with Crippen LogP contribution in [-0.2, 0) is 4.79 Å². The van der Waals surface area contributed by atoms with Crippen LogP contribution in [0.2, 0.25) is 0 Å². The van der Waals surface area contributed by atoms with Crippen molar-refractivity contribution < 1.29 is 9.59 Å². The zero-order valence-electron chi connectivity index (χ0n) is 20.6. The average molecular weight is 488 g/mol. The van der Waals surface area contributed by atoms with E-state index < -0.39 is 0 Å². The van der Waals surface area contributed by atoms with Crippen LogP contribution in [-0.4, -0.2) is 55.4 Å². The number of alkyl halides is 1. The molecule has 2 aromatic rings. The molecule has 0 saturated heterocycles. The zero-order chi connectivity index (χ0) is 24.8. The van der Waals surface area contributed by atoms with Gasteiger partial charge in [0, 0.05) is 48.1 Å². The van der Waals surface area contributed by atoms with Gasteiger partial charge in [-0.3, -0.25) is 4.79 Å². The lowest BCUT2D eigenvalue weighted by atomic mass is 10.2. The first-order valence-electron chi connectivity index (χ1n) is 12.1. The van der Waals surface area contributed by atoms with Crippen LogP contribution in [0.15, 0.2) is 48.5 Å². The summed E-state index contributed by atoms with van der Waals surface area (Å²) >= 11 is 5.90. The Balaban J connectivity index is 1.80. The second kappa shape index (κ2) is 15.2. The number of nitrogens with one attached hydrogen (secondary N) is 3. The Kier molecular flexibility index (Phi) is 12.3. The molecule has 0 aliphatic heterocycles. The van der Waals surface area contributed by atoms with Crippen molar-refractivity contribution in [3.8, 4) is 0 Å².